The van der Waals surface area contributed by atoms with Crippen LogP contribution in [0.1, 0.15) is 194 Å². The summed E-state index contributed by atoms with van der Waals surface area (Å²) in [6, 6.07) is 0. The van der Waals surface area contributed by atoms with Crippen molar-refractivity contribution >= 4 is 5.97 Å². The zero-order valence-corrected chi connectivity index (χ0v) is 32.8. The van der Waals surface area contributed by atoms with Crippen molar-refractivity contribution in [3.63, 3.8) is 0 Å². The number of rotatable bonds is 39. The van der Waals surface area contributed by atoms with Crippen LogP contribution in [-0.2, 0) is 19.0 Å². The normalized spacial score (nSPS) is 12.6. The van der Waals surface area contributed by atoms with Gasteiger partial charge in [0.15, 0.2) is 0 Å². The Kier molecular flexibility index (Phi) is 39.3. The van der Waals surface area contributed by atoms with Crippen LogP contribution in [0.3, 0.4) is 0 Å². The van der Waals surface area contributed by atoms with Crippen LogP contribution in [0.25, 0.3) is 0 Å². The van der Waals surface area contributed by atoms with Crippen LogP contribution in [-0.4, -0.2) is 64.0 Å². The summed E-state index contributed by atoms with van der Waals surface area (Å²) in [5.74, 6) is -0.209. The molecule has 0 N–H and O–H groups in total. The Morgan fingerprint density at radius 2 is 0.875 bits per heavy atom. The smallest absolute Gasteiger partial charge is 0.320 e. The minimum absolute atomic E-state index is 0.187. The molecule has 0 fully saturated rings. The van der Waals surface area contributed by atoms with Crippen molar-refractivity contribution < 1.29 is 19.0 Å². The number of unbranched alkanes of at least 4 members (excludes halogenated alkanes) is 24. The molecular weight excluding hydrogens is 594 g/mol. The molecule has 0 amide bonds. The molecule has 0 saturated carbocycles. The molecule has 0 rings (SSSR count). The quantitative estimate of drug-likeness (QED) is 0.0368. The van der Waals surface area contributed by atoms with Gasteiger partial charge in [-0.3, -0.25) is 9.69 Å². The number of ether oxygens (including phenoxy) is 3. The van der Waals surface area contributed by atoms with E-state index in [9.17, 15) is 4.79 Å². The van der Waals surface area contributed by atoms with E-state index in [2.05, 4.69) is 38.2 Å². The summed E-state index contributed by atoms with van der Waals surface area (Å²) in [6.45, 7) is 7.07. The summed E-state index contributed by atoms with van der Waals surface area (Å²) in [7, 11) is 3.75. The maximum Gasteiger partial charge on any atom is 0.320 e. The molecule has 0 aliphatic heterocycles. The average molecular weight is 678 g/mol. The molecule has 284 valence electrons. The minimum atomic E-state index is -0.209. The van der Waals surface area contributed by atoms with Crippen molar-refractivity contribution in [2.75, 3.05) is 47.1 Å². The molecule has 0 heterocycles. The fraction of sp³-hybridized carbons (Fsp3) is 0.884. The van der Waals surface area contributed by atoms with Gasteiger partial charge < -0.3 is 14.2 Å². The third-order valence-electron chi connectivity index (χ3n) is 8.99. The lowest BCUT2D eigenvalue weighted by Gasteiger charge is -2.19. The summed E-state index contributed by atoms with van der Waals surface area (Å²) < 4.78 is 17.6. The van der Waals surface area contributed by atoms with Crippen LogP contribution < -0.4 is 0 Å². The zero-order chi connectivity index (χ0) is 35.0. The topological polar surface area (TPSA) is 48.0 Å². The van der Waals surface area contributed by atoms with E-state index in [1.165, 1.54) is 167 Å². The molecule has 0 aliphatic rings. The van der Waals surface area contributed by atoms with Gasteiger partial charge in [-0.1, -0.05) is 154 Å². The molecule has 1 unspecified atom stereocenters. The summed E-state index contributed by atoms with van der Waals surface area (Å²) in [4.78, 5) is 13.9. The molecule has 0 aromatic heterocycles. The molecule has 0 aromatic rings. The van der Waals surface area contributed by atoms with Crippen molar-refractivity contribution in [3.05, 3.63) is 24.3 Å². The van der Waals surface area contributed by atoms with E-state index >= 15 is 0 Å². The predicted molar refractivity (Wildman–Crippen MR) is 209 cm³/mol. The number of allylic oxidation sites excluding steroid dienone is 4. The average Bonchev–Trinajstić information content (AvgIpc) is 3.07. The van der Waals surface area contributed by atoms with Gasteiger partial charge in [-0.25, -0.2) is 0 Å². The number of carbonyl (C=O) groups excluding carboxylic acids is 1. The molecule has 0 aliphatic carbocycles. The maximum absolute atomic E-state index is 12.1. The molecule has 0 spiro atoms. The molecular formula is C43H83NO4. The van der Waals surface area contributed by atoms with E-state index in [0.29, 0.717) is 13.2 Å². The van der Waals surface area contributed by atoms with E-state index in [4.69, 9.17) is 14.2 Å². The van der Waals surface area contributed by atoms with E-state index < -0.39 is 0 Å². The summed E-state index contributed by atoms with van der Waals surface area (Å²) in [5.41, 5.74) is 0. The first-order valence-electron chi connectivity index (χ1n) is 20.9. The molecule has 5 heteroatoms. The highest BCUT2D eigenvalue weighted by molar-refractivity contribution is 5.71. The van der Waals surface area contributed by atoms with Gasteiger partial charge in [-0.2, -0.15) is 0 Å². The van der Waals surface area contributed by atoms with E-state index in [1.807, 2.05) is 19.0 Å². The number of likely N-dealkylation sites (N-methyl/N-ethyl adjacent to an activating group) is 1. The molecule has 0 saturated heterocycles. The highest BCUT2D eigenvalue weighted by Crippen LogP contribution is 2.12. The monoisotopic (exact) mass is 678 g/mol. The van der Waals surface area contributed by atoms with Crippen LogP contribution in [0, 0.1) is 0 Å². The lowest BCUT2D eigenvalue weighted by molar-refractivity contribution is -0.150. The van der Waals surface area contributed by atoms with Crippen LogP contribution >= 0.6 is 0 Å². The lowest BCUT2D eigenvalue weighted by Crippen LogP contribution is -2.31. The SMILES string of the molecule is CCCCCCCCC=CCCCCCCCCOCC(COC(=O)CN(C)C)OCCCCCCCCC=CCCCCCCCC. The summed E-state index contributed by atoms with van der Waals surface area (Å²) in [5, 5.41) is 0. The molecule has 0 aromatic carbocycles. The Morgan fingerprint density at radius 1 is 0.500 bits per heavy atom. The molecule has 1 atom stereocenters. The van der Waals surface area contributed by atoms with Crippen LogP contribution in [0.4, 0.5) is 0 Å². The first kappa shape index (κ1) is 46.8. The number of esters is 1. The standard InChI is InChI=1S/C43H83NO4/c1-5-7-9-11-13-15-17-19-21-23-25-27-29-31-33-35-37-46-40-42(41-48-43(45)39-44(3)4)47-38-36-34-32-30-28-26-24-22-20-18-16-14-12-10-8-6-2/h19-22,42H,5-18,23-41H2,1-4H3. The van der Waals surface area contributed by atoms with Crippen molar-refractivity contribution in [3.8, 4) is 0 Å². The predicted octanol–water partition coefficient (Wildman–Crippen LogP) is 12.6. The Morgan fingerprint density at radius 3 is 1.29 bits per heavy atom. The van der Waals surface area contributed by atoms with Gasteiger partial charge in [0.25, 0.3) is 0 Å². The van der Waals surface area contributed by atoms with Crippen LogP contribution in [0.2, 0.25) is 0 Å². The Balaban J connectivity index is 3.84. The molecule has 48 heavy (non-hydrogen) atoms. The van der Waals surface area contributed by atoms with Crippen LogP contribution in [0.5, 0.6) is 0 Å². The summed E-state index contributed by atoms with van der Waals surface area (Å²) in [6.07, 6.45) is 45.9. The number of hydrogen-bond acceptors (Lipinski definition) is 5. The first-order valence-corrected chi connectivity index (χ1v) is 20.9. The largest absolute Gasteiger partial charge is 0.462 e. The molecule has 0 bridgehead atoms. The third-order valence-corrected chi connectivity index (χ3v) is 8.99. The Hall–Kier alpha value is -1.17. The second-order valence-electron chi connectivity index (χ2n) is 14.4. The van der Waals surface area contributed by atoms with Gasteiger partial charge in [0, 0.05) is 13.2 Å². The van der Waals surface area contributed by atoms with E-state index in [0.717, 1.165) is 19.4 Å². The fourth-order valence-corrected chi connectivity index (χ4v) is 5.90. The van der Waals surface area contributed by atoms with Crippen molar-refractivity contribution in [2.24, 2.45) is 0 Å². The van der Waals surface area contributed by atoms with Crippen molar-refractivity contribution in [2.45, 2.75) is 200 Å². The lowest BCUT2D eigenvalue weighted by atomic mass is 10.1. The zero-order valence-electron chi connectivity index (χ0n) is 32.8. The van der Waals surface area contributed by atoms with E-state index in [1.54, 1.807) is 0 Å². The van der Waals surface area contributed by atoms with Gasteiger partial charge in [-0.15, -0.1) is 0 Å². The second-order valence-corrected chi connectivity index (χ2v) is 14.4. The van der Waals surface area contributed by atoms with E-state index in [-0.39, 0.29) is 25.2 Å². The second kappa shape index (κ2) is 40.3. The minimum Gasteiger partial charge on any atom is -0.462 e. The Labute approximate surface area is 300 Å². The number of carbonyl (C=O) groups is 1. The summed E-state index contributed by atoms with van der Waals surface area (Å²) >= 11 is 0. The number of nitrogens with zero attached hydrogens (tertiary/aromatic N) is 1. The van der Waals surface area contributed by atoms with Gasteiger partial charge in [0.2, 0.25) is 0 Å². The maximum atomic E-state index is 12.1. The molecule has 0 radical (unpaired) electrons. The number of hydrogen-bond donors (Lipinski definition) is 0. The Bertz CT molecular complexity index is 692. The highest BCUT2D eigenvalue weighted by atomic mass is 16.6. The third kappa shape index (κ3) is 39.3. The van der Waals surface area contributed by atoms with Gasteiger partial charge in [-0.05, 0) is 78.3 Å². The van der Waals surface area contributed by atoms with Crippen LogP contribution in [0.15, 0.2) is 24.3 Å². The highest BCUT2D eigenvalue weighted by Gasteiger charge is 2.14. The fourth-order valence-electron chi connectivity index (χ4n) is 5.90. The van der Waals surface area contributed by atoms with Gasteiger partial charge in [0.05, 0.1) is 13.2 Å². The van der Waals surface area contributed by atoms with Gasteiger partial charge >= 0.3 is 5.97 Å². The van der Waals surface area contributed by atoms with Crippen molar-refractivity contribution in [1.29, 1.82) is 0 Å². The van der Waals surface area contributed by atoms with Gasteiger partial charge in [0.1, 0.15) is 12.7 Å². The molecule has 5 nitrogen and oxygen atoms in total. The first-order chi connectivity index (χ1) is 23.6. The van der Waals surface area contributed by atoms with Crippen molar-refractivity contribution in [1.82, 2.24) is 4.90 Å².